The summed E-state index contributed by atoms with van der Waals surface area (Å²) in [6.07, 6.45) is 4.73. The molecule has 3 aliphatic rings. The summed E-state index contributed by atoms with van der Waals surface area (Å²) in [6.45, 7) is 1.03. The molecular weight excluding hydrogens is 330 g/mol. The predicted molar refractivity (Wildman–Crippen MR) is 87.5 cm³/mol. The Bertz CT molecular complexity index is 574. The number of methoxy groups -OCH3 is 1. The summed E-state index contributed by atoms with van der Waals surface area (Å²) in [7, 11) is 1.72. The minimum absolute atomic E-state index is 0. The first-order valence-electron chi connectivity index (χ1n) is 7.65. The zero-order chi connectivity index (χ0) is 13.7. The molecule has 1 aliphatic heterocycles. The van der Waals surface area contributed by atoms with Crippen molar-refractivity contribution in [3.05, 3.63) is 29.3 Å². The first-order chi connectivity index (χ1) is 9.73. The number of hydrogen-bond donors (Lipinski definition) is 1. The van der Waals surface area contributed by atoms with E-state index < -0.39 is 0 Å². The lowest BCUT2D eigenvalue weighted by molar-refractivity contribution is -0.125. The van der Waals surface area contributed by atoms with Gasteiger partial charge in [0.05, 0.1) is 7.11 Å². The number of carbonyl (C=O) groups excluding carboxylic acids is 1. The van der Waals surface area contributed by atoms with Gasteiger partial charge in [0.1, 0.15) is 11.5 Å². The highest BCUT2D eigenvalue weighted by molar-refractivity contribution is 8.93. The molecule has 1 saturated heterocycles. The predicted octanol–water partition coefficient (Wildman–Crippen LogP) is 2.80. The second-order valence-electron chi connectivity index (χ2n) is 6.55. The van der Waals surface area contributed by atoms with Gasteiger partial charge in [-0.1, -0.05) is 6.07 Å². The Labute approximate surface area is 136 Å². The number of piperidine rings is 1. The van der Waals surface area contributed by atoms with Gasteiger partial charge in [-0.2, -0.15) is 0 Å². The molecule has 2 unspecified atom stereocenters. The van der Waals surface area contributed by atoms with Crippen molar-refractivity contribution in [3.8, 4) is 5.75 Å². The Morgan fingerprint density at radius 3 is 3.05 bits per heavy atom. The van der Waals surface area contributed by atoms with E-state index in [1.165, 1.54) is 11.1 Å². The van der Waals surface area contributed by atoms with Crippen LogP contribution in [0.2, 0.25) is 0 Å². The third-order valence-corrected chi connectivity index (χ3v) is 5.71. The minimum Gasteiger partial charge on any atom is -0.497 e. The largest absolute Gasteiger partial charge is 0.497 e. The average Bonchev–Trinajstić information content (AvgIpc) is 2.46. The average molecular weight is 352 g/mol. The molecule has 1 saturated carbocycles. The molecule has 3 nitrogen and oxygen atoms in total. The molecule has 0 aromatic heterocycles. The Kier molecular flexibility index (Phi) is 3.87. The molecule has 1 aromatic carbocycles. The molecule has 3 atom stereocenters. The van der Waals surface area contributed by atoms with Gasteiger partial charge >= 0.3 is 0 Å². The molecule has 0 amide bonds. The fourth-order valence-electron chi connectivity index (χ4n) is 4.85. The Morgan fingerprint density at radius 2 is 2.24 bits per heavy atom. The number of benzene rings is 1. The van der Waals surface area contributed by atoms with Crippen molar-refractivity contribution in [3.63, 3.8) is 0 Å². The van der Waals surface area contributed by atoms with Gasteiger partial charge in [0.15, 0.2) is 0 Å². The highest BCUT2D eigenvalue weighted by atomic mass is 79.9. The smallest absolute Gasteiger partial charge is 0.133 e. The van der Waals surface area contributed by atoms with Crippen molar-refractivity contribution in [2.24, 2.45) is 5.92 Å². The molecule has 2 fully saturated rings. The van der Waals surface area contributed by atoms with Crippen molar-refractivity contribution in [2.75, 3.05) is 13.7 Å². The molecule has 21 heavy (non-hydrogen) atoms. The first kappa shape index (κ1) is 15.0. The summed E-state index contributed by atoms with van der Waals surface area (Å²) < 4.78 is 5.42. The Morgan fingerprint density at radius 1 is 1.38 bits per heavy atom. The number of ether oxygens (including phenoxy) is 1. The molecular formula is C17H22BrNO2. The standard InChI is InChI=1S/C17H21NO2.BrH/c1-20-13-4-2-11-8-16-14-5-3-12(19)10-17(14,6-7-18-16)15(11)9-13;/h2,4,9,14,16,18H,3,5-8,10H2,1H3;1H/t14?,16?,17-;/m0./s1. The van der Waals surface area contributed by atoms with Crippen LogP contribution >= 0.6 is 17.0 Å². The summed E-state index contributed by atoms with van der Waals surface area (Å²) in [5, 5.41) is 3.69. The van der Waals surface area contributed by atoms with Crippen LogP contribution in [0.15, 0.2) is 18.2 Å². The van der Waals surface area contributed by atoms with E-state index in [0.717, 1.165) is 44.4 Å². The lowest BCUT2D eigenvalue weighted by Gasteiger charge is -2.55. The summed E-state index contributed by atoms with van der Waals surface area (Å²) in [5.41, 5.74) is 2.88. The first-order valence-corrected chi connectivity index (χ1v) is 7.65. The SMILES string of the molecule is Br.COc1ccc2c(c1)[C@]13CCNC(C2)C1CCC(=O)C3. The molecule has 1 heterocycles. The van der Waals surface area contributed by atoms with Crippen LogP contribution in [0.4, 0.5) is 0 Å². The lowest BCUT2D eigenvalue weighted by atomic mass is 9.52. The number of hydrogen-bond acceptors (Lipinski definition) is 3. The number of nitrogens with one attached hydrogen (secondary N) is 1. The topological polar surface area (TPSA) is 38.3 Å². The molecule has 1 aromatic rings. The molecule has 4 rings (SSSR count). The Hall–Kier alpha value is -0.870. The summed E-state index contributed by atoms with van der Waals surface area (Å²) >= 11 is 0. The summed E-state index contributed by atoms with van der Waals surface area (Å²) in [6, 6.07) is 7.00. The fourth-order valence-corrected chi connectivity index (χ4v) is 4.85. The van der Waals surface area contributed by atoms with E-state index in [0.29, 0.717) is 17.7 Å². The second kappa shape index (κ2) is 5.40. The van der Waals surface area contributed by atoms with Crippen molar-refractivity contribution < 1.29 is 9.53 Å². The van der Waals surface area contributed by atoms with Gasteiger partial charge in [-0.05, 0) is 55.0 Å². The van der Waals surface area contributed by atoms with Crippen molar-refractivity contribution in [1.29, 1.82) is 0 Å². The zero-order valence-corrected chi connectivity index (χ0v) is 14.1. The van der Waals surface area contributed by atoms with Crippen molar-refractivity contribution in [1.82, 2.24) is 5.32 Å². The number of halogens is 1. The highest BCUT2D eigenvalue weighted by Crippen LogP contribution is 2.53. The van der Waals surface area contributed by atoms with E-state index >= 15 is 0 Å². The van der Waals surface area contributed by atoms with E-state index in [-0.39, 0.29) is 22.4 Å². The molecule has 0 spiro atoms. The molecule has 1 N–H and O–H groups in total. The number of rotatable bonds is 1. The number of Topliss-reactive ketones (excluding diaryl/α,β-unsaturated/α-hetero) is 1. The second-order valence-corrected chi connectivity index (χ2v) is 6.55. The quantitative estimate of drug-likeness (QED) is 0.845. The highest BCUT2D eigenvalue weighted by Gasteiger charge is 2.53. The van der Waals surface area contributed by atoms with Gasteiger partial charge in [0, 0.05) is 24.3 Å². The Balaban J connectivity index is 0.00000132. The maximum absolute atomic E-state index is 12.1. The normalized spacial score (nSPS) is 33.5. The maximum Gasteiger partial charge on any atom is 0.133 e. The van der Waals surface area contributed by atoms with Crippen LogP contribution in [-0.2, 0) is 16.6 Å². The van der Waals surface area contributed by atoms with Gasteiger partial charge in [-0.25, -0.2) is 0 Å². The van der Waals surface area contributed by atoms with Crippen LogP contribution in [0.3, 0.4) is 0 Å². The van der Waals surface area contributed by atoms with Crippen molar-refractivity contribution in [2.45, 2.75) is 43.6 Å². The van der Waals surface area contributed by atoms with Gasteiger partial charge in [0.2, 0.25) is 0 Å². The van der Waals surface area contributed by atoms with Crippen LogP contribution in [0.1, 0.15) is 36.8 Å². The van der Waals surface area contributed by atoms with Gasteiger partial charge in [-0.3, -0.25) is 4.79 Å². The number of ketones is 1. The van der Waals surface area contributed by atoms with Crippen LogP contribution in [0, 0.1) is 5.92 Å². The van der Waals surface area contributed by atoms with E-state index in [4.69, 9.17) is 4.74 Å². The van der Waals surface area contributed by atoms with E-state index in [1.807, 2.05) is 0 Å². The maximum atomic E-state index is 12.1. The van der Waals surface area contributed by atoms with Gasteiger partial charge < -0.3 is 10.1 Å². The lowest BCUT2D eigenvalue weighted by Crippen LogP contribution is -2.60. The summed E-state index contributed by atoms with van der Waals surface area (Å²) in [4.78, 5) is 12.1. The molecule has 0 radical (unpaired) electrons. The molecule has 2 bridgehead atoms. The van der Waals surface area contributed by atoms with Crippen LogP contribution in [0.5, 0.6) is 5.75 Å². The minimum atomic E-state index is 0. The molecule has 4 heteroatoms. The fraction of sp³-hybridized carbons (Fsp3) is 0.588. The monoisotopic (exact) mass is 351 g/mol. The zero-order valence-electron chi connectivity index (χ0n) is 12.4. The molecule has 2 aliphatic carbocycles. The molecule has 114 valence electrons. The van der Waals surface area contributed by atoms with Crippen LogP contribution in [-0.4, -0.2) is 25.5 Å². The third-order valence-electron chi connectivity index (χ3n) is 5.71. The number of carbonyl (C=O) groups is 1. The number of fused-ring (bicyclic) bond motifs is 1. The van der Waals surface area contributed by atoms with E-state index in [9.17, 15) is 4.79 Å². The van der Waals surface area contributed by atoms with Gasteiger partial charge in [-0.15, -0.1) is 17.0 Å². The van der Waals surface area contributed by atoms with Gasteiger partial charge in [0.25, 0.3) is 0 Å². The van der Waals surface area contributed by atoms with Crippen LogP contribution in [0.25, 0.3) is 0 Å². The van der Waals surface area contributed by atoms with E-state index in [1.54, 1.807) is 7.11 Å². The van der Waals surface area contributed by atoms with Crippen molar-refractivity contribution >= 4 is 22.8 Å². The third kappa shape index (κ3) is 2.15. The van der Waals surface area contributed by atoms with Crippen LogP contribution < -0.4 is 10.1 Å². The summed E-state index contributed by atoms with van der Waals surface area (Å²) in [5.74, 6) is 1.98. The van der Waals surface area contributed by atoms with E-state index in [2.05, 4.69) is 23.5 Å².